The first kappa shape index (κ1) is 28.0. The van der Waals surface area contributed by atoms with Gasteiger partial charge in [0.1, 0.15) is 0 Å². The molecule has 0 amide bonds. The van der Waals surface area contributed by atoms with Gasteiger partial charge in [-0.1, -0.05) is 58.9 Å². The Balaban J connectivity index is 0.000000195. The van der Waals surface area contributed by atoms with E-state index in [4.69, 9.17) is 4.98 Å². The standard InChI is InChI=1S/C18H16N.C13H24O2.Ir/c1-13(2)15-9-6-10-18-16(15)11-12-17(19-18)14-7-4-3-5-8-14;1-7(2)10-6-9-5-4-8(3)12(14)11(9)13(10)15;/h3-7,9-13H,1-2H3;7-15H,4-6H2,1-3H3;/q-1;;/t;8-,9?,10-,11?,12?,13?;/m.0./s1. The molecular formula is C31H40IrNO2-. The molecule has 0 saturated heterocycles. The quantitative estimate of drug-likeness (QED) is 0.305. The van der Waals surface area contributed by atoms with Crippen LogP contribution < -0.4 is 0 Å². The van der Waals surface area contributed by atoms with Crippen molar-refractivity contribution >= 4 is 10.9 Å². The van der Waals surface area contributed by atoms with Crippen molar-refractivity contribution in [3.05, 3.63) is 66.2 Å². The van der Waals surface area contributed by atoms with Crippen LogP contribution in [0.3, 0.4) is 0 Å². The van der Waals surface area contributed by atoms with Crippen molar-refractivity contribution in [2.45, 2.75) is 72.0 Å². The molecule has 2 fully saturated rings. The Morgan fingerprint density at radius 1 is 0.914 bits per heavy atom. The van der Waals surface area contributed by atoms with Gasteiger partial charge in [-0.05, 0) is 66.2 Å². The van der Waals surface area contributed by atoms with Crippen molar-refractivity contribution in [3.8, 4) is 11.3 Å². The molecule has 0 spiro atoms. The van der Waals surface area contributed by atoms with Crippen LogP contribution in [0, 0.1) is 35.7 Å². The van der Waals surface area contributed by atoms with E-state index >= 15 is 0 Å². The number of pyridine rings is 1. The second-order valence-corrected chi connectivity index (χ2v) is 11.1. The van der Waals surface area contributed by atoms with E-state index in [0.29, 0.717) is 29.6 Å². The zero-order valence-corrected chi connectivity index (χ0v) is 24.0. The molecule has 191 valence electrons. The average Bonchev–Trinajstić information content (AvgIpc) is 3.19. The number of aromatic nitrogens is 1. The van der Waals surface area contributed by atoms with Gasteiger partial charge in [0, 0.05) is 31.4 Å². The van der Waals surface area contributed by atoms with E-state index in [0.717, 1.165) is 29.6 Å². The Kier molecular flexibility index (Phi) is 9.68. The third-order valence-corrected chi connectivity index (χ3v) is 8.15. The predicted molar refractivity (Wildman–Crippen MR) is 140 cm³/mol. The van der Waals surface area contributed by atoms with Crippen molar-refractivity contribution in [2.24, 2.45) is 29.6 Å². The maximum Gasteiger partial charge on any atom is 0.0626 e. The minimum Gasteiger partial charge on any atom is -0.392 e. The van der Waals surface area contributed by atoms with Gasteiger partial charge in [-0.15, -0.1) is 35.9 Å². The van der Waals surface area contributed by atoms with E-state index < -0.39 is 0 Å². The molecule has 0 bridgehead atoms. The number of fused-ring (bicyclic) bond motifs is 2. The molecule has 0 aliphatic heterocycles. The normalized spacial score (nSPS) is 27.8. The zero-order valence-electron chi connectivity index (χ0n) is 21.6. The summed E-state index contributed by atoms with van der Waals surface area (Å²) < 4.78 is 0. The average molecular weight is 651 g/mol. The van der Waals surface area contributed by atoms with Crippen LogP contribution in [0.2, 0.25) is 0 Å². The molecule has 2 N–H and O–H groups in total. The molecule has 2 saturated carbocycles. The van der Waals surface area contributed by atoms with Gasteiger partial charge in [-0.3, -0.25) is 4.98 Å². The molecule has 2 aromatic carbocycles. The maximum atomic E-state index is 10.3. The summed E-state index contributed by atoms with van der Waals surface area (Å²) in [6, 6.07) is 21.8. The summed E-state index contributed by atoms with van der Waals surface area (Å²) in [7, 11) is 0. The van der Waals surface area contributed by atoms with Crippen LogP contribution in [0.4, 0.5) is 0 Å². The Hall–Kier alpha value is -1.58. The maximum absolute atomic E-state index is 10.3. The summed E-state index contributed by atoms with van der Waals surface area (Å²) >= 11 is 0. The number of aliphatic hydroxyl groups excluding tert-OH is 2. The molecule has 1 aromatic heterocycles. The number of aliphatic hydroxyl groups is 2. The second kappa shape index (κ2) is 12.1. The van der Waals surface area contributed by atoms with E-state index in [1.807, 2.05) is 24.3 Å². The number of hydrogen-bond acceptors (Lipinski definition) is 3. The van der Waals surface area contributed by atoms with Gasteiger partial charge in [-0.2, -0.15) is 0 Å². The molecule has 1 radical (unpaired) electrons. The van der Waals surface area contributed by atoms with Crippen LogP contribution >= 0.6 is 0 Å². The fraction of sp³-hybridized carbons (Fsp3) is 0.516. The fourth-order valence-corrected chi connectivity index (χ4v) is 6.08. The van der Waals surface area contributed by atoms with Crippen molar-refractivity contribution in [1.29, 1.82) is 0 Å². The summed E-state index contributed by atoms with van der Waals surface area (Å²) in [4.78, 5) is 4.76. The number of benzene rings is 2. The van der Waals surface area contributed by atoms with Crippen molar-refractivity contribution < 1.29 is 30.3 Å². The van der Waals surface area contributed by atoms with E-state index in [2.05, 4.69) is 71.0 Å². The Morgan fingerprint density at radius 2 is 1.69 bits per heavy atom. The largest absolute Gasteiger partial charge is 0.392 e. The Bertz CT molecular complexity index is 1080. The zero-order chi connectivity index (χ0) is 24.4. The Labute approximate surface area is 224 Å². The van der Waals surface area contributed by atoms with Crippen LogP contribution in [0.1, 0.15) is 65.4 Å². The van der Waals surface area contributed by atoms with Crippen molar-refractivity contribution in [3.63, 3.8) is 0 Å². The monoisotopic (exact) mass is 651 g/mol. The fourth-order valence-electron chi connectivity index (χ4n) is 6.08. The van der Waals surface area contributed by atoms with Gasteiger partial charge in [0.05, 0.1) is 17.7 Å². The van der Waals surface area contributed by atoms with Gasteiger partial charge >= 0.3 is 0 Å². The van der Waals surface area contributed by atoms with Crippen LogP contribution in [0.5, 0.6) is 0 Å². The van der Waals surface area contributed by atoms with Crippen LogP contribution in [0.25, 0.3) is 22.2 Å². The molecule has 1 heterocycles. The topological polar surface area (TPSA) is 53.4 Å². The molecule has 4 heteroatoms. The Morgan fingerprint density at radius 3 is 2.34 bits per heavy atom. The molecule has 4 unspecified atom stereocenters. The smallest absolute Gasteiger partial charge is 0.0626 e. The third kappa shape index (κ3) is 6.05. The van der Waals surface area contributed by atoms with Gasteiger partial charge in [-0.25, -0.2) is 0 Å². The number of rotatable bonds is 3. The summed E-state index contributed by atoms with van der Waals surface area (Å²) in [5.74, 6) is 2.54. The summed E-state index contributed by atoms with van der Waals surface area (Å²) in [5.41, 5.74) is 4.43. The summed E-state index contributed by atoms with van der Waals surface area (Å²) in [6.07, 6.45) is 2.89. The summed E-state index contributed by atoms with van der Waals surface area (Å²) in [6.45, 7) is 10.9. The first-order chi connectivity index (χ1) is 16.3. The second-order valence-electron chi connectivity index (χ2n) is 11.1. The minimum atomic E-state index is -0.275. The van der Waals surface area contributed by atoms with Crippen molar-refractivity contribution in [1.82, 2.24) is 4.98 Å². The van der Waals surface area contributed by atoms with Crippen LogP contribution in [-0.4, -0.2) is 27.4 Å². The first-order valence-corrected chi connectivity index (χ1v) is 13.0. The van der Waals surface area contributed by atoms with E-state index in [9.17, 15) is 10.2 Å². The van der Waals surface area contributed by atoms with Gasteiger partial charge in [0.25, 0.3) is 0 Å². The number of hydrogen-bond donors (Lipinski definition) is 2. The van der Waals surface area contributed by atoms with Gasteiger partial charge in [0.15, 0.2) is 0 Å². The summed E-state index contributed by atoms with van der Waals surface area (Å²) in [5, 5.41) is 21.7. The van der Waals surface area contributed by atoms with E-state index in [1.165, 1.54) is 17.4 Å². The minimum absolute atomic E-state index is 0. The van der Waals surface area contributed by atoms with E-state index in [1.54, 1.807) is 0 Å². The van der Waals surface area contributed by atoms with Crippen molar-refractivity contribution in [2.75, 3.05) is 0 Å². The molecule has 3 nitrogen and oxygen atoms in total. The predicted octanol–water partition coefficient (Wildman–Crippen LogP) is 6.87. The van der Waals surface area contributed by atoms with Gasteiger partial charge in [0.2, 0.25) is 0 Å². The first-order valence-electron chi connectivity index (χ1n) is 13.0. The third-order valence-electron chi connectivity index (χ3n) is 8.15. The SMILES string of the molecule is CC(C)[C@@H]1CC2CC[C@H](C)C(O)C2C1O.CC(C)c1cccc2nc(-c3[c-]cccc3)ccc12.[Ir]. The van der Waals surface area contributed by atoms with Crippen LogP contribution in [0.15, 0.2) is 54.6 Å². The molecule has 6 atom stereocenters. The molecule has 3 aromatic rings. The van der Waals surface area contributed by atoms with Crippen LogP contribution in [-0.2, 0) is 20.1 Å². The molecule has 2 aliphatic carbocycles. The molecule has 2 aliphatic rings. The molecule has 35 heavy (non-hydrogen) atoms. The number of nitrogens with zero attached hydrogens (tertiary/aromatic N) is 1. The molecule has 5 rings (SSSR count). The van der Waals surface area contributed by atoms with E-state index in [-0.39, 0.29) is 38.2 Å². The molecular weight excluding hydrogens is 611 g/mol. The van der Waals surface area contributed by atoms with Gasteiger partial charge < -0.3 is 10.2 Å².